The van der Waals surface area contributed by atoms with Crippen LogP contribution in [0.3, 0.4) is 0 Å². The SMILES string of the molecule is C=CCOC(=O)[C@H]1[C@H]2C(=O)N([C@H](CO)c3ccccc3)C(C(=O)N(CC=C)Cc3ccccc3)C23CC(Br)[C@@H]1S3. The van der Waals surface area contributed by atoms with Gasteiger partial charge in [0.1, 0.15) is 12.6 Å². The second-order valence-electron chi connectivity index (χ2n) is 10.4. The Hall–Kier alpha value is -2.88. The van der Waals surface area contributed by atoms with Crippen LogP contribution in [0, 0.1) is 11.8 Å². The predicted molar refractivity (Wildman–Crippen MR) is 159 cm³/mol. The first-order chi connectivity index (χ1) is 19.4. The number of benzene rings is 2. The molecule has 3 saturated heterocycles. The van der Waals surface area contributed by atoms with E-state index in [4.69, 9.17) is 4.74 Å². The molecular weight excluding hydrogens is 592 g/mol. The average molecular weight is 626 g/mol. The summed E-state index contributed by atoms with van der Waals surface area (Å²) in [6, 6.07) is 17.3. The molecule has 2 aromatic rings. The molecule has 0 radical (unpaired) electrons. The maximum Gasteiger partial charge on any atom is 0.311 e. The van der Waals surface area contributed by atoms with Gasteiger partial charge in [0.15, 0.2) is 0 Å². The molecule has 2 bridgehead atoms. The lowest BCUT2D eigenvalue weighted by molar-refractivity contribution is -0.153. The van der Waals surface area contributed by atoms with Crippen molar-refractivity contribution in [3.8, 4) is 0 Å². The van der Waals surface area contributed by atoms with E-state index in [1.165, 1.54) is 6.08 Å². The number of halogens is 1. The number of nitrogens with zero attached hydrogens (tertiary/aromatic N) is 2. The Morgan fingerprint density at radius 3 is 2.45 bits per heavy atom. The van der Waals surface area contributed by atoms with Gasteiger partial charge in [-0.1, -0.05) is 95.3 Å². The zero-order valence-electron chi connectivity index (χ0n) is 22.1. The van der Waals surface area contributed by atoms with Gasteiger partial charge in [-0.05, 0) is 17.5 Å². The van der Waals surface area contributed by atoms with E-state index in [9.17, 15) is 19.5 Å². The van der Waals surface area contributed by atoms with Gasteiger partial charge in [-0.3, -0.25) is 14.4 Å². The topological polar surface area (TPSA) is 87.1 Å². The molecule has 1 N–H and O–H groups in total. The first-order valence-electron chi connectivity index (χ1n) is 13.4. The number of carbonyl (C=O) groups is 3. The molecule has 5 rings (SSSR count). The molecule has 0 aromatic heterocycles. The number of rotatable bonds is 11. The summed E-state index contributed by atoms with van der Waals surface area (Å²) in [6.07, 6.45) is 3.72. The lowest BCUT2D eigenvalue weighted by Crippen LogP contribution is -2.56. The van der Waals surface area contributed by atoms with Crippen LogP contribution in [0.15, 0.2) is 86.0 Å². The molecule has 210 valence electrons. The number of aliphatic hydroxyl groups is 1. The molecule has 3 heterocycles. The highest BCUT2D eigenvalue weighted by Gasteiger charge is 2.76. The van der Waals surface area contributed by atoms with E-state index in [1.54, 1.807) is 27.6 Å². The van der Waals surface area contributed by atoms with Crippen molar-refractivity contribution < 1.29 is 24.2 Å². The van der Waals surface area contributed by atoms with Crippen molar-refractivity contribution in [2.45, 2.75) is 39.9 Å². The largest absolute Gasteiger partial charge is 0.461 e. The summed E-state index contributed by atoms with van der Waals surface area (Å²) in [5, 5.41) is 10.4. The summed E-state index contributed by atoms with van der Waals surface area (Å²) in [5.41, 5.74) is 1.68. The van der Waals surface area contributed by atoms with Crippen LogP contribution in [-0.4, -0.2) is 73.3 Å². The van der Waals surface area contributed by atoms with Crippen molar-refractivity contribution >= 4 is 45.5 Å². The molecule has 40 heavy (non-hydrogen) atoms. The van der Waals surface area contributed by atoms with Crippen LogP contribution in [0.1, 0.15) is 23.6 Å². The lowest BCUT2D eigenvalue weighted by atomic mass is 9.71. The minimum atomic E-state index is -0.890. The van der Waals surface area contributed by atoms with Gasteiger partial charge in [-0.2, -0.15) is 0 Å². The fourth-order valence-corrected chi connectivity index (χ4v) is 10.2. The van der Waals surface area contributed by atoms with Gasteiger partial charge in [0, 0.05) is 23.2 Å². The van der Waals surface area contributed by atoms with E-state index in [2.05, 4.69) is 29.1 Å². The van der Waals surface area contributed by atoms with Gasteiger partial charge in [0.2, 0.25) is 11.8 Å². The molecule has 3 unspecified atom stereocenters. The summed E-state index contributed by atoms with van der Waals surface area (Å²) in [7, 11) is 0. The standard InChI is InChI=1S/C31H33BrN2O5S/c1-3-15-33(18-20-11-7-5-8-12-20)29(37)27-31-17-22(32)26(40-31)24(30(38)39-16-4-2)25(31)28(36)34(27)23(19-35)21-13-9-6-10-14-21/h3-14,22-27,35H,1-2,15-19H2/t22?,23-,24+,25+,26+,27?,31?/m1/s1. The molecule has 3 aliphatic heterocycles. The number of hydrogen-bond acceptors (Lipinski definition) is 6. The third-order valence-corrected chi connectivity index (χ3v) is 11.4. The fourth-order valence-electron chi connectivity index (χ4n) is 6.58. The molecule has 1 spiro atoms. The van der Waals surface area contributed by atoms with E-state index in [-0.39, 0.29) is 35.1 Å². The Kier molecular flexibility index (Phi) is 8.54. The number of esters is 1. The van der Waals surface area contributed by atoms with E-state index in [0.29, 0.717) is 19.5 Å². The number of carbonyl (C=O) groups excluding carboxylic acids is 3. The summed E-state index contributed by atoms with van der Waals surface area (Å²) in [6.45, 7) is 7.83. The number of likely N-dealkylation sites (tertiary alicyclic amines) is 1. The second kappa shape index (κ2) is 11.9. The first kappa shape index (κ1) is 28.6. The number of alkyl halides is 1. The van der Waals surface area contributed by atoms with Crippen LogP contribution in [0.4, 0.5) is 0 Å². The molecule has 2 amide bonds. The smallest absolute Gasteiger partial charge is 0.311 e. The minimum Gasteiger partial charge on any atom is -0.461 e. The second-order valence-corrected chi connectivity index (χ2v) is 13.1. The Morgan fingerprint density at radius 1 is 1.15 bits per heavy atom. The summed E-state index contributed by atoms with van der Waals surface area (Å²) in [5.74, 6) is -2.44. The highest BCUT2D eigenvalue weighted by atomic mass is 79.9. The minimum absolute atomic E-state index is 0.0487. The molecule has 3 aliphatic rings. The van der Waals surface area contributed by atoms with E-state index < -0.39 is 34.6 Å². The third-order valence-electron chi connectivity index (χ3n) is 8.15. The molecule has 0 aliphatic carbocycles. The molecule has 2 aromatic carbocycles. The maximum atomic E-state index is 14.7. The molecule has 7 nitrogen and oxygen atoms in total. The zero-order valence-corrected chi connectivity index (χ0v) is 24.5. The third kappa shape index (κ3) is 4.82. The van der Waals surface area contributed by atoms with Crippen molar-refractivity contribution in [2.24, 2.45) is 11.8 Å². The van der Waals surface area contributed by atoms with Gasteiger partial charge in [0.05, 0.1) is 29.2 Å². The molecular formula is C31H33BrN2O5S. The number of amides is 2. The van der Waals surface area contributed by atoms with Crippen LogP contribution in [-0.2, 0) is 25.7 Å². The Labute approximate surface area is 247 Å². The van der Waals surface area contributed by atoms with Crippen molar-refractivity contribution in [2.75, 3.05) is 19.8 Å². The number of thioether (sulfide) groups is 1. The molecule has 3 fully saturated rings. The predicted octanol–water partition coefficient (Wildman–Crippen LogP) is 4.13. The average Bonchev–Trinajstić information content (AvgIpc) is 3.56. The zero-order chi connectivity index (χ0) is 28.4. The van der Waals surface area contributed by atoms with Crippen molar-refractivity contribution in [3.05, 3.63) is 97.1 Å². The van der Waals surface area contributed by atoms with Crippen LogP contribution < -0.4 is 0 Å². The van der Waals surface area contributed by atoms with Crippen molar-refractivity contribution in [1.82, 2.24) is 9.80 Å². The lowest BCUT2D eigenvalue weighted by Gasteiger charge is -2.40. The normalized spacial score (nSPS) is 29.1. The maximum absolute atomic E-state index is 14.7. The van der Waals surface area contributed by atoms with Crippen molar-refractivity contribution in [1.29, 1.82) is 0 Å². The highest BCUT2D eigenvalue weighted by Crippen LogP contribution is 2.68. The summed E-state index contributed by atoms with van der Waals surface area (Å²) >= 11 is 5.32. The fraction of sp³-hybridized carbons (Fsp3) is 0.387. The van der Waals surface area contributed by atoms with Gasteiger partial charge in [0.25, 0.3) is 0 Å². The molecule has 7 atom stereocenters. The van der Waals surface area contributed by atoms with Crippen molar-refractivity contribution in [3.63, 3.8) is 0 Å². The number of fused-ring (bicyclic) bond motifs is 1. The van der Waals surface area contributed by atoms with E-state index in [0.717, 1.165) is 11.1 Å². The van der Waals surface area contributed by atoms with Crippen LogP contribution in [0.5, 0.6) is 0 Å². The number of aliphatic hydroxyl groups excluding tert-OH is 1. The van der Waals surface area contributed by atoms with Gasteiger partial charge in [-0.25, -0.2) is 0 Å². The van der Waals surface area contributed by atoms with Gasteiger partial charge in [-0.15, -0.1) is 18.3 Å². The summed E-state index contributed by atoms with van der Waals surface area (Å²) < 4.78 is 4.62. The quantitative estimate of drug-likeness (QED) is 0.230. The molecule has 0 saturated carbocycles. The highest BCUT2D eigenvalue weighted by molar-refractivity contribution is 9.09. The number of hydrogen-bond donors (Lipinski definition) is 1. The van der Waals surface area contributed by atoms with E-state index in [1.807, 2.05) is 60.7 Å². The molecule has 9 heteroatoms. The van der Waals surface area contributed by atoms with Gasteiger partial charge >= 0.3 is 5.97 Å². The Bertz CT molecular complexity index is 1280. The first-order valence-corrected chi connectivity index (χ1v) is 15.2. The van der Waals surface area contributed by atoms with Crippen LogP contribution in [0.2, 0.25) is 0 Å². The summed E-state index contributed by atoms with van der Waals surface area (Å²) in [4.78, 5) is 45.7. The Balaban J connectivity index is 1.61. The van der Waals surface area contributed by atoms with Crippen LogP contribution >= 0.6 is 27.7 Å². The monoisotopic (exact) mass is 624 g/mol. The Morgan fingerprint density at radius 2 is 1.82 bits per heavy atom. The number of ether oxygens (including phenoxy) is 1. The van der Waals surface area contributed by atoms with E-state index >= 15 is 0 Å². The van der Waals surface area contributed by atoms with Crippen LogP contribution in [0.25, 0.3) is 0 Å². The van der Waals surface area contributed by atoms with Gasteiger partial charge < -0.3 is 19.6 Å².